The first-order chi connectivity index (χ1) is 13.0. The number of nitro benzene ring substituents is 1. The largest absolute Gasteiger partial charge is 0.452 e. The highest BCUT2D eigenvalue weighted by atomic mass is 35.5. The van der Waals surface area contributed by atoms with E-state index in [0.29, 0.717) is 9.92 Å². The van der Waals surface area contributed by atoms with Gasteiger partial charge in [0, 0.05) is 21.5 Å². The van der Waals surface area contributed by atoms with Gasteiger partial charge >= 0.3 is 5.97 Å². The molecule has 2 aromatic rings. The van der Waals surface area contributed by atoms with Gasteiger partial charge in [0.05, 0.1) is 15.4 Å². The van der Waals surface area contributed by atoms with E-state index in [9.17, 15) is 19.7 Å². The van der Waals surface area contributed by atoms with E-state index in [0.717, 1.165) is 11.0 Å². The van der Waals surface area contributed by atoms with Crippen molar-refractivity contribution < 1.29 is 19.2 Å². The van der Waals surface area contributed by atoms with E-state index in [-0.39, 0.29) is 11.3 Å². The quantitative estimate of drug-likeness (QED) is 0.419. The fourth-order valence-corrected chi connectivity index (χ4v) is 3.20. The van der Waals surface area contributed by atoms with Crippen LogP contribution in [0.4, 0.5) is 5.69 Å². The van der Waals surface area contributed by atoms with Gasteiger partial charge in [0.1, 0.15) is 0 Å². The molecule has 0 radical (unpaired) electrons. The van der Waals surface area contributed by atoms with Crippen molar-refractivity contribution in [3.8, 4) is 0 Å². The van der Waals surface area contributed by atoms with Crippen LogP contribution in [0.15, 0.2) is 52.3 Å². The van der Waals surface area contributed by atoms with Crippen molar-refractivity contribution in [1.82, 2.24) is 5.32 Å². The lowest BCUT2D eigenvalue weighted by molar-refractivity contribution is -0.387. The van der Waals surface area contributed by atoms with Crippen molar-refractivity contribution in [2.24, 2.45) is 0 Å². The first kappa shape index (κ1) is 21.7. The Morgan fingerprint density at radius 1 is 1.18 bits per heavy atom. The van der Waals surface area contributed by atoms with Crippen molar-refractivity contribution in [3.63, 3.8) is 0 Å². The molecule has 0 saturated heterocycles. The third-order valence-electron chi connectivity index (χ3n) is 3.28. The zero-order valence-electron chi connectivity index (χ0n) is 15.5. The molecule has 0 aromatic heterocycles. The summed E-state index contributed by atoms with van der Waals surface area (Å²) in [7, 11) is 0. The standard InChI is InChI=1S/C19H19ClN2O5S/c1-19(2,3)21-17(23)11-27-18(24)12-4-9-16(15(10-12)22(25)26)28-14-7-5-13(20)6-8-14/h4-10H,11H2,1-3H3,(H,21,23). The van der Waals surface area contributed by atoms with Crippen LogP contribution in [0.1, 0.15) is 31.1 Å². The van der Waals surface area contributed by atoms with Crippen molar-refractivity contribution in [1.29, 1.82) is 0 Å². The minimum atomic E-state index is -0.810. The highest BCUT2D eigenvalue weighted by molar-refractivity contribution is 7.99. The van der Waals surface area contributed by atoms with Gasteiger partial charge in [-0.25, -0.2) is 4.79 Å². The normalized spacial score (nSPS) is 11.0. The molecule has 0 aliphatic rings. The molecule has 0 spiro atoms. The molecule has 148 valence electrons. The van der Waals surface area contributed by atoms with Crippen molar-refractivity contribution in [2.45, 2.75) is 36.1 Å². The van der Waals surface area contributed by atoms with E-state index in [1.165, 1.54) is 23.9 Å². The third kappa shape index (κ3) is 6.54. The number of amides is 1. The topological polar surface area (TPSA) is 98.5 Å². The second-order valence-electron chi connectivity index (χ2n) is 6.87. The van der Waals surface area contributed by atoms with E-state index in [2.05, 4.69) is 5.32 Å². The number of carbonyl (C=O) groups excluding carboxylic acids is 2. The van der Waals surface area contributed by atoms with E-state index in [1.54, 1.807) is 45.0 Å². The molecule has 0 fully saturated rings. The van der Waals surface area contributed by atoms with Gasteiger partial charge in [-0.1, -0.05) is 23.4 Å². The Balaban J connectivity index is 2.12. The molecule has 0 aliphatic heterocycles. The second-order valence-corrected chi connectivity index (χ2v) is 8.42. The number of halogens is 1. The van der Waals surface area contributed by atoms with Crippen LogP contribution in [0.25, 0.3) is 0 Å². The lowest BCUT2D eigenvalue weighted by Gasteiger charge is -2.20. The Morgan fingerprint density at radius 3 is 2.39 bits per heavy atom. The summed E-state index contributed by atoms with van der Waals surface area (Å²) in [6.45, 7) is 4.93. The van der Waals surface area contributed by atoms with E-state index in [1.807, 2.05) is 0 Å². The molecule has 0 saturated carbocycles. The Kier molecular flexibility index (Phi) is 7.04. The van der Waals surface area contributed by atoms with Crippen LogP contribution < -0.4 is 5.32 Å². The maximum atomic E-state index is 12.2. The first-order valence-corrected chi connectivity index (χ1v) is 9.44. The number of benzene rings is 2. The molecule has 0 atom stereocenters. The number of esters is 1. The molecule has 1 N–H and O–H groups in total. The number of nitrogens with zero attached hydrogens (tertiary/aromatic N) is 1. The monoisotopic (exact) mass is 422 g/mol. The smallest absolute Gasteiger partial charge is 0.338 e. The zero-order chi connectivity index (χ0) is 20.9. The summed E-state index contributed by atoms with van der Waals surface area (Å²) in [5.41, 5.74) is -0.688. The van der Waals surface area contributed by atoms with Gasteiger partial charge in [0.2, 0.25) is 0 Å². The molecule has 2 aromatic carbocycles. The van der Waals surface area contributed by atoms with E-state index < -0.39 is 28.9 Å². The molecular formula is C19H19ClN2O5S. The lowest BCUT2D eigenvalue weighted by atomic mass is 10.1. The number of ether oxygens (including phenoxy) is 1. The van der Waals surface area contributed by atoms with Crippen LogP contribution in [-0.4, -0.2) is 28.9 Å². The van der Waals surface area contributed by atoms with Gasteiger partial charge in [0.15, 0.2) is 6.61 Å². The summed E-state index contributed by atoms with van der Waals surface area (Å²) in [5.74, 6) is -1.26. The number of hydrogen-bond acceptors (Lipinski definition) is 6. The molecule has 7 nitrogen and oxygen atoms in total. The Labute approximate surface area is 171 Å². The van der Waals surface area contributed by atoms with E-state index in [4.69, 9.17) is 16.3 Å². The van der Waals surface area contributed by atoms with Crippen molar-refractivity contribution in [3.05, 3.63) is 63.2 Å². The summed E-state index contributed by atoms with van der Waals surface area (Å²) in [4.78, 5) is 35.9. The van der Waals surface area contributed by atoms with Crippen LogP contribution in [0, 0.1) is 10.1 Å². The van der Waals surface area contributed by atoms with Gasteiger partial charge in [-0.05, 0) is 57.2 Å². The van der Waals surface area contributed by atoms with Gasteiger partial charge in [-0.3, -0.25) is 14.9 Å². The Bertz CT molecular complexity index is 894. The number of nitro groups is 1. The third-order valence-corrected chi connectivity index (χ3v) is 4.61. The van der Waals surface area contributed by atoms with Gasteiger partial charge < -0.3 is 10.1 Å². The molecule has 2 rings (SSSR count). The summed E-state index contributed by atoms with van der Waals surface area (Å²) in [6, 6.07) is 10.9. The molecule has 0 bridgehead atoms. The van der Waals surface area contributed by atoms with Crippen LogP contribution in [-0.2, 0) is 9.53 Å². The average molecular weight is 423 g/mol. The average Bonchev–Trinajstić information content (AvgIpc) is 2.60. The number of carbonyl (C=O) groups is 2. The number of rotatable bonds is 6. The predicted octanol–water partition coefficient (Wildman–Crippen LogP) is 4.47. The fraction of sp³-hybridized carbons (Fsp3) is 0.263. The summed E-state index contributed by atoms with van der Waals surface area (Å²) in [6.07, 6.45) is 0. The molecule has 0 heterocycles. The van der Waals surface area contributed by atoms with Gasteiger partial charge in [0.25, 0.3) is 11.6 Å². The minimum Gasteiger partial charge on any atom is -0.452 e. The summed E-state index contributed by atoms with van der Waals surface area (Å²) in [5, 5.41) is 14.6. The van der Waals surface area contributed by atoms with Gasteiger partial charge in [-0.15, -0.1) is 0 Å². The molecule has 9 heteroatoms. The number of nitrogens with one attached hydrogen (secondary N) is 1. The highest BCUT2D eigenvalue weighted by Gasteiger charge is 2.21. The zero-order valence-corrected chi connectivity index (χ0v) is 17.1. The van der Waals surface area contributed by atoms with Crippen molar-refractivity contribution >= 4 is 40.9 Å². The van der Waals surface area contributed by atoms with Crippen LogP contribution >= 0.6 is 23.4 Å². The maximum absolute atomic E-state index is 12.2. The number of hydrogen-bond donors (Lipinski definition) is 1. The maximum Gasteiger partial charge on any atom is 0.338 e. The molecule has 28 heavy (non-hydrogen) atoms. The summed E-state index contributed by atoms with van der Waals surface area (Å²) >= 11 is 7.02. The second kappa shape index (κ2) is 9.07. The SMILES string of the molecule is CC(C)(C)NC(=O)COC(=O)c1ccc(Sc2ccc(Cl)cc2)c([N+](=O)[O-])c1. The first-order valence-electron chi connectivity index (χ1n) is 8.25. The van der Waals surface area contributed by atoms with Gasteiger partial charge in [-0.2, -0.15) is 0 Å². The predicted molar refractivity (Wildman–Crippen MR) is 107 cm³/mol. The Hall–Kier alpha value is -2.58. The molecule has 0 aliphatic carbocycles. The fourth-order valence-electron chi connectivity index (χ4n) is 2.17. The highest BCUT2D eigenvalue weighted by Crippen LogP contribution is 2.35. The lowest BCUT2D eigenvalue weighted by Crippen LogP contribution is -2.42. The van der Waals surface area contributed by atoms with Crippen molar-refractivity contribution in [2.75, 3.05) is 6.61 Å². The Morgan fingerprint density at radius 2 is 1.82 bits per heavy atom. The molecular weight excluding hydrogens is 404 g/mol. The minimum absolute atomic E-state index is 0.00397. The van der Waals surface area contributed by atoms with Crippen LogP contribution in [0.3, 0.4) is 0 Å². The summed E-state index contributed by atoms with van der Waals surface area (Å²) < 4.78 is 4.95. The van der Waals surface area contributed by atoms with Crippen LogP contribution in [0.2, 0.25) is 5.02 Å². The molecule has 0 unspecified atom stereocenters. The van der Waals surface area contributed by atoms with Crippen LogP contribution in [0.5, 0.6) is 0 Å². The molecule has 1 amide bonds. The van der Waals surface area contributed by atoms with E-state index >= 15 is 0 Å².